The maximum Gasteiger partial charge on any atom is 0.410 e. The third-order valence-corrected chi connectivity index (χ3v) is 8.60. The number of ether oxygens (including phenoxy) is 1. The van der Waals surface area contributed by atoms with Crippen molar-refractivity contribution in [2.75, 3.05) is 19.6 Å². The van der Waals surface area contributed by atoms with Crippen LogP contribution in [0.3, 0.4) is 0 Å². The van der Waals surface area contributed by atoms with E-state index in [-0.39, 0.29) is 11.6 Å². The molecule has 188 valence electrons. The fourth-order valence-corrected chi connectivity index (χ4v) is 6.54. The van der Waals surface area contributed by atoms with Crippen molar-refractivity contribution in [2.24, 2.45) is 5.41 Å². The van der Waals surface area contributed by atoms with Crippen LogP contribution >= 0.6 is 11.3 Å². The molecule has 6 nitrogen and oxygen atoms in total. The number of piperazine rings is 1. The molecule has 0 N–H and O–H groups in total. The van der Waals surface area contributed by atoms with Crippen molar-refractivity contribution in [3.63, 3.8) is 0 Å². The smallest absolute Gasteiger partial charge is 0.410 e. The monoisotopic (exact) mass is 486 g/mol. The SMILES string of the molecule is Cc1nc(CN2CCN(C(=O)OC(C)(C)C)CC2(C)C)c2cc(C3CCC(C)(C)CC3)sc2n1. The van der Waals surface area contributed by atoms with E-state index in [0.717, 1.165) is 29.4 Å². The Morgan fingerprint density at radius 1 is 1.15 bits per heavy atom. The van der Waals surface area contributed by atoms with Gasteiger partial charge in [-0.05, 0) is 84.6 Å². The van der Waals surface area contributed by atoms with E-state index in [1.807, 2.05) is 43.9 Å². The Hall–Kier alpha value is -1.73. The fraction of sp³-hybridized carbons (Fsp3) is 0.741. The van der Waals surface area contributed by atoms with Crippen LogP contribution in [-0.2, 0) is 11.3 Å². The van der Waals surface area contributed by atoms with Gasteiger partial charge in [-0.15, -0.1) is 11.3 Å². The lowest BCUT2D eigenvalue weighted by molar-refractivity contribution is -0.0180. The van der Waals surface area contributed by atoms with Gasteiger partial charge in [0.15, 0.2) is 0 Å². The lowest BCUT2D eigenvalue weighted by Gasteiger charge is -2.47. The number of hydrogen-bond acceptors (Lipinski definition) is 6. The van der Waals surface area contributed by atoms with Gasteiger partial charge >= 0.3 is 6.09 Å². The summed E-state index contributed by atoms with van der Waals surface area (Å²) < 4.78 is 5.62. The second-order valence-electron chi connectivity index (χ2n) is 12.7. The Morgan fingerprint density at radius 2 is 1.82 bits per heavy atom. The van der Waals surface area contributed by atoms with E-state index in [2.05, 4.69) is 38.7 Å². The topological polar surface area (TPSA) is 58.6 Å². The largest absolute Gasteiger partial charge is 0.444 e. The summed E-state index contributed by atoms with van der Waals surface area (Å²) in [7, 11) is 0. The second-order valence-corrected chi connectivity index (χ2v) is 13.7. The molecule has 0 atom stereocenters. The summed E-state index contributed by atoms with van der Waals surface area (Å²) in [4.78, 5) is 29.2. The van der Waals surface area contributed by atoms with Gasteiger partial charge in [0, 0.05) is 42.0 Å². The minimum absolute atomic E-state index is 0.172. The summed E-state index contributed by atoms with van der Waals surface area (Å²) in [6.07, 6.45) is 4.89. The van der Waals surface area contributed by atoms with Crippen LogP contribution in [0.5, 0.6) is 0 Å². The van der Waals surface area contributed by atoms with E-state index in [0.29, 0.717) is 24.4 Å². The summed E-state index contributed by atoms with van der Waals surface area (Å²) in [5.74, 6) is 1.49. The molecule has 1 saturated heterocycles. The average Bonchev–Trinajstić information content (AvgIpc) is 3.11. The first-order valence-corrected chi connectivity index (χ1v) is 13.5. The molecule has 0 bridgehead atoms. The quantitative estimate of drug-likeness (QED) is 0.495. The van der Waals surface area contributed by atoms with E-state index >= 15 is 0 Å². The highest BCUT2D eigenvalue weighted by Gasteiger charge is 2.37. The highest BCUT2D eigenvalue weighted by atomic mass is 32.1. The predicted octanol–water partition coefficient (Wildman–Crippen LogP) is 6.51. The van der Waals surface area contributed by atoms with Crippen molar-refractivity contribution in [3.05, 3.63) is 22.5 Å². The third-order valence-electron chi connectivity index (χ3n) is 7.41. The first-order valence-electron chi connectivity index (χ1n) is 12.7. The maximum absolute atomic E-state index is 12.6. The van der Waals surface area contributed by atoms with E-state index in [1.165, 1.54) is 35.9 Å². The number of fused-ring (bicyclic) bond motifs is 1. The number of carbonyl (C=O) groups excluding carboxylic acids is 1. The zero-order chi connectivity index (χ0) is 24.9. The zero-order valence-corrected chi connectivity index (χ0v) is 23.1. The molecule has 2 aromatic rings. The van der Waals surface area contributed by atoms with Gasteiger partial charge in [-0.3, -0.25) is 4.90 Å². The minimum atomic E-state index is -0.479. The summed E-state index contributed by atoms with van der Waals surface area (Å²) in [5.41, 5.74) is 0.934. The van der Waals surface area contributed by atoms with Gasteiger partial charge in [0.2, 0.25) is 0 Å². The molecule has 0 unspecified atom stereocenters. The number of aromatic nitrogens is 2. The lowest BCUT2D eigenvalue weighted by atomic mass is 9.73. The van der Waals surface area contributed by atoms with E-state index in [9.17, 15) is 4.79 Å². The normalized spacial score (nSPS) is 21.7. The Balaban J connectivity index is 1.52. The molecule has 0 radical (unpaired) electrons. The average molecular weight is 487 g/mol. The summed E-state index contributed by atoms with van der Waals surface area (Å²) >= 11 is 1.86. The van der Waals surface area contributed by atoms with Gasteiger partial charge in [0.1, 0.15) is 16.3 Å². The Labute approximate surface area is 209 Å². The molecule has 34 heavy (non-hydrogen) atoms. The maximum atomic E-state index is 12.6. The van der Waals surface area contributed by atoms with E-state index in [4.69, 9.17) is 14.7 Å². The van der Waals surface area contributed by atoms with Gasteiger partial charge in [-0.25, -0.2) is 14.8 Å². The number of rotatable bonds is 3. The summed E-state index contributed by atoms with van der Waals surface area (Å²) in [6.45, 7) is 19.8. The van der Waals surface area contributed by atoms with Crippen LogP contribution in [0.2, 0.25) is 0 Å². The Kier molecular flexibility index (Phi) is 6.75. The van der Waals surface area contributed by atoms with E-state index in [1.54, 1.807) is 0 Å². The van der Waals surface area contributed by atoms with Crippen LogP contribution in [0.4, 0.5) is 4.79 Å². The lowest BCUT2D eigenvalue weighted by Crippen LogP contribution is -2.60. The van der Waals surface area contributed by atoms with Crippen molar-refractivity contribution in [3.8, 4) is 0 Å². The molecule has 4 rings (SSSR count). The first-order chi connectivity index (χ1) is 15.7. The Bertz CT molecular complexity index is 1040. The molecular weight excluding hydrogens is 444 g/mol. The molecule has 1 aliphatic heterocycles. The van der Waals surface area contributed by atoms with E-state index < -0.39 is 5.60 Å². The number of aryl methyl sites for hydroxylation is 1. The number of amides is 1. The summed E-state index contributed by atoms with van der Waals surface area (Å²) in [6, 6.07) is 2.38. The first kappa shape index (κ1) is 25.4. The van der Waals surface area contributed by atoms with Crippen LogP contribution in [0.25, 0.3) is 10.2 Å². The van der Waals surface area contributed by atoms with Crippen LogP contribution in [0, 0.1) is 12.3 Å². The number of carbonyl (C=O) groups is 1. The van der Waals surface area contributed by atoms with Crippen LogP contribution in [0.1, 0.15) is 96.5 Å². The second kappa shape index (κ2) is 9.05. The molecular formula is C27H42N4O2S. The van der Waals surface area contributed by atoms with Crippen molar-refractivity contribution in [1.29, 1.82) is 0 Å². The van der Waals surface area contributed by atoms with Gasteiger partial charge in [0.05, 0.1) is 5.69 Å². The van der Waals surface area contributed by atoms with Crippen LogP contribution in [0.15, 0.2) is 6.07 Å². The minimum Gasteiger partial charge on any atom is -0.444 e. The molecule has 1 aliphatic carbocycles. The van der Waals surface area contributed by atoms with Crippen molar-refractivity contribution in [2.45, 2.75) is 105 Å². The molecule has 0 aromatic carbocycles. The zero-order valence-electron chi connectivity index (χ0n) is 22.3. The highest BCUT2D eigenvalue weighted by molar-refractivity contribution is 7.18. The predicted molar refractivity (Wildman–Crippen MR) is 139 cm³/mol. The molecule has 7 heteroatoms. The molecule has 0 spiro atoms. The number of nitrogens with zero attached hydrogens (tertiary/aromatic N) is 4. The standard InChI is InChI=1S/C27H42N4O2S/c1-18-28-21(16-31-14-13-30(17-27(31,7)8)24(32)33-25(2,3)4)20-15-22(34-23(20)29-18)19-9-11-26(5,6)12-10-19/h15,19H,9-14,16-17H2,1-8H3. The molecule has 1 amide bonds. The van der Waals surface area contributed by atoms with Crippen molar-refractivity contribution < 1.29 is 9.53 Å². The number of hydrogen-bond donors (Lipinski definition) is 0. The fourth-order valence-electron chi connectivity index (χ4n) is 5.27. The molecule has 2 fully saturated rings. The van der Waals surface area contributed by atoms with Crippen LogP contribution < -0.4 is 0 Å². The van der Waals surface area contributed by atoms with Crippen LogP contribution in [-0.4, -0.2) is 56.6 Å². The Morgan fingerprint density at radius 3 is 2.44 bits per heavy atom. The van der Waals surface area contributed by atoms with Gasteiger partial charge in [-0.1, -0.05) is 13.8 Å². The number of thiophene rings is 1. The van der Waals surface area contributed by atoms with Crippen molar-refractivity contribution >= 4 is 27.6 Å². The molecule has 2 aromatic heterocycles. The van der Waals surface area contributed by atoms with Gasteiger partial charge in [-0.2, -0.15) is 0 Å². The van der Waals surface area contributed by atoms with Gasteiger partial charge < -0.3 is 9.64 Å². The highest BCUT2D eigenvalue weighted by Crippen LogP contribution is 2.45. The summed E-state index contributed by atoms with van der Waals surface area (Å²) in [5, 5.41) is 1.21. The molecule has 2 aliphatic rings. The third kappa shape index (κ3) is 5.73. The molecule has 3 heterocycles. The molecule has 1 saturated carbocycles. The van der Waals surface area contributed by atoms with Gasteiger partial charge in [0.25, 0.3) is 0 Å². The van der Waals surface area contributed by atoms with Crippen molar-refractivity contribution in [1.82, 2.24) is 19.8 Å².